The van der Waals surface area contributed by atoms with Crippen LogP contribution in [-0.4, -0.2) is 23.3 Å². The first-order chi connectivity index (χ1) is 12.9. The fraction of sp³-hybridized carbons (Fsp3) is 0.391. The molecular weight excluding hydrogens is 336 g/mol. The average molecular weight is 367 g/mol. The topological polar surface area (TPSA) is 63.4 Å². The summed E-state index contributed by atoms with van der Waals surface area (Å²) in [7, 11) is 0. The summed E-state index contributed by atoms with van der Waals surface area (Å²) in [4.78, 5) is 26.1. The lowest BCUT2D eigenvalue weighted by Crippen LogP contribution is -2.36. The Kier molecular flexibility index (Phi) is 7.59. The summed E-state index contributed by atoms with van der Waals surface area (Å²) in [5.74, 6) is -0.0528. The third kappa shape index (κ3) is 6.55. The van der Waals surface area contributed by atoms with Crippen molar-refractivity contribution in [3.8, 4) is 0 Å². The number of rotatable bonds is 9. The van der Waals surface area contributed by atoms with Gasteiger partial charge in [0.05, 0.1) is 5.92 Å². The lowest BCUT2D eigenvalue weighted by molar-refractivity contribution is -0.133. The summed E-state index contributed by atoms with van der Waals surface area (Å²) in [6.07, 6.45) is 1.19. The van der Waals surface area contributed by atoms with Crippen molar-refractivity contribution in [2.75, 3.05) is 6.54 Å². The van der Waals surface area contributed by atoms with Crippen LogP contribution in [0.2, 0.25) is 0 Å². The minimum atomic E-state index is -0.397. The largest absolute Gasteiger partial charge is 0.370 e. The van der Waals surface area contributed by atoms with Crippen LogP contribution in [0.5, 0.6) is 0 Å². The van der Waals surface area contributed by atoms with Crippen molar-refractivity contribution in [2.24, 2.45) is 11.7 Å². The fourth-order valence-electron chi connectivity index (χ4n) is 3.15. The predicted octanol–water partition coefficient (Wildman–Crippen LogP) is 3.89. The van der Waals surface area contributed by atoms with Crippen LogP contribution in [0.1, 0.15) is 49.8 Å². The van der Waals surface area contributed by atoms with Gasteiger partial charge in [-0.15, -0.1) is 0 Å². The van der Waals surface area contributed by atoms with Crippen LogP contribution in [0.4, 0.5) is 0 Å². The standard InChI is InChI=1S/C23H30N2O2/c1-17(2)15-19-9-11-21(12-10-19)18(3)23(27)25(14-13-22(24)26)16-20-7-5-4-6-8-20/h4-12,17-18H,13-16H2,1-3H3,(H2,24,26). The molecule has 2 amide bonds. The first-order valence-corrected chi connectivity index (χ1v) is 9.56. The molecule has 0 fully saturated rings. The van der Waals surface area contributed by atoms with Crippen LogP contribution in [0.15, 0.2) is 54.6 Å². The molecule has 4 heteroatoms. The van der Waals surface area contributed by atoms with Crippen LogP contribution < -0.4 is 5.73 Å². The normalized spacial score (nSPS) is 12.0. The van der Waals surface area contributed by atoms with Gasteiger partial charge in [-0.2, -0.15) is 0 Å². The van der Waals surface area contributed by atoms with Crippen LogP contribution in [0.25, 0.3) is 0 Å². The van der Waals surface area contributed by atoms with Gasteiger partial charge in [0, 0.05) is 19.5 Å². The van der Waals surface area contributed by atoms with Gasteiger partial charge in [-0.1, -0.05) is 68.4 Å². The number of benzene rings is 2. The molecule has 0 saturated heterocycles. The van der Waals surface area contributed by atoms with Gasteiger partial charge in [-0.25, -0.2) is 0 Å². The van der Waals surface area contributed by atoms with Crippen LogP contribution in [-0.2, 0) is 22.6 Å². The Bertz CT molecular complexity index is 739. The molecule has 0 aliphatic rings. The summed E-state index contributed by atoms with van der Waals surface area (Å²) in [5.41, 5.74) is 8.61. The van der Waals surface area contributed by atoms with Crippen molar-refractivity contribution in [2.45, 2.75) is 46.1 Å². The molecule has 2 aromatic rings. The van der Waals surface area contributed by atoms with Crippen molar-refractivity contribution < 1.29 is 9.59 Å². The minimum Gasteiger partial charge on any atom is -0.370 e. The summed E-state index contributed by atoms with van der Waals surface area (Å²) in [6.45, 7) is 7.12. The molecule has 1 atom stereocenters. The summed E-state index contributed by atoms with van der Waals surface area (Å²) < 4.78 is 0. The SMILES string of the molecule is CC(C)Cc1ccc(C(C)C(=O)N(CCC(N)=O)Cc2ccccc2)cc1. The van der Waals surface area contributed by atoms with Crippen molar-refractivity contribution in [1.29, 1.82) is 0 Å². The molecule has 0 heterocycles. The van der Waals surface area contributed by atoms with Gasteiger partial charge in [0.25, 0.3) is 0 Å². The first kappa shape index (κ1) is 20.7. The lowest BCUT2D eigenvalue weighted by atomic mass is 9.95. The van der Waals surface area contributed by atoms with E-state index in [0.717, 1.165) is 17.5 Å². The van der Waals surface area contributed by atoms with Crippen LogP contribution in [0, 0.1) is 5.92 Å². The van der Waals surface area contributed by atoms with Gasteiger partial charge in [0.15, 0.2) is 0 Å². The number of nitrogens with zero attached hydrogens (tertiary/aromatic N) is 1. The molecule has 4 nitrogen and oxygen atoms in total. The Morgan fingerprint density at radius 3 is 2.11 bits per heavy atom. The highest BCUT2D eigenvalue weighted by Gasteiger charge is 2.22. The minimum absolute atomic E-state index is 0.0108. The maximum Gasteiger partial charge on any atom is 0.230 e. The van der Waals surface area contributed by atoms with E-state index in [4.69, 9.17) is 5.73 Å². The van der Waals surface area contributed by atoms with Gasteiger partial charge in [0.2, 0.25) is 11.8 Å². The molecule has 27 heavy (non-hydrogen) atoms. The summed E-state index contributed by atoms with van der Waals surface area (Å²) in [5, 5.41) is 0. The van der Waals surface area contributed by atoms with Gasteiger partial charge < -0.3 is 10.6 Å². The molecule has 2 N–H and O–H groups in total. The number of amides is 2. The van der Waals surface area contributed by atoms with Crippen LogP contribution >= 0.6 is 0 Å². The highest BCUT2D eigenvalue weighted by Crippen LogP contribution is 2.21. The van der Waals surface area contributed by atoms with Gasteiger partial charge in [0.1, 0.15) is 0 Å². The molecular formula is C23H30N2O2. The molecule has 144 valence electrons. The van der Waals surface area contributed by atoms with Crippen molar-refractivity contribution >= 4 is 11.8 Å². The number of carbonyl (C=O) groups excluding carboxylic acids is 2. The monoisotopic (exact) mass is 366 g/mol. The Morgan fingerprint density at radius 2 is 1.56 bits per heavy atom. The van der Waals surface area contributed by atoms with Gasteiger partial charge in [-0.05, 0) is 36.0 Å². The van der Waals surface area contributed by atoms with E-state index < -0.39 is 5.91 Å². The third-order valence-electron chi connectivity index (χ3n) is 4.65. The smallest absolute Gasteiger partial charge is 0.230 e. The molecule has 1 unspecified atom stereocenters. The Balaban J connectivity index is 2.13. The van der Waals surface area contributed by atoms with E-state index in [-0.39, 0.29) is 18.2 Å². The van der Waals surface area contributed by atoms with Crippen molar-refractivity contribution in [1.82, 2.24) is 4.90 Å². The molecule has 0 radical (unpaired) electrons. The molecule has 0 aromatic heterocycles. The molecule has 2 aromatic carbocycles. The summed E-state index contributed by atoms with van der Waals surface area (Å²) >= 11 is 0. The number of primary amides is 1. The Labute approximate surface area is 162 Å². The van der Waals surface area contributed by atoms with E-state index in [9.17, 15) is 9.59 Å². The second kappa shape index (κ2) is 9.91. The maximum absolute atomic E-state index is 13.1. The average Bonchev–Trinajstić information content (AvgIpc) is 2.65. The first-order valence-electron chi connectivity index (χ1n) is 9.56. The van der Waals surface area contributed by atoms with Crippen molar-refractivity contribution in [3.05, 3.63) is 71.3 Å². The molecule has 0 bridgehead atoms. The number of carbonyl (C=O) groups is 2. The van der Waals surface area contributed by atoms with E-state index in [2.05, 4.69) is 26.0 Å². The third-order valence-corrected chi connectivity index (χ3v) is 4.65. The van der Waals surface area contributed by atoms with E-state index in [1.165, 1.54) is 5.56 Å². The van der Waals surface area contributed by atoms with E-state index >= 15 is 0 Å². The van der Waals surface area contributed by atoms with Crippen molar-refractivity contribution in [3.63, 3.8) is 0 Å². The second-order valence-electron chi connectivity index (χ2n) is 7.52. The van der Waals surface area contributed by atoms with Gasteiger partial charge in [-0.3, -0.25) is 9.59 Å². The number of hydrogen-bond donors (Lipinski definition) is 1. The zero-order valence-electron chi connectivity index (χ0n) is 16.5. The Morgan fingerprint density at radius 1 is 0.926 bits per heavy atom. The quantitative estimate of drug-likeness (QED) is 0.732. The summed E-state index contributed by atoms with van der Waals surface area (Å²) in [6, 6.07) is 18.1. The van der Waals surface area contributed by atoms with E-state index in [1.54, 1.807) is 4.90 Å². The molecule has 0 aliphatic carbocycles. The highest BCUT2D eigenvalue weighted by molar-refractivity contribution is 5.84. The van der Waals surface area contributed by atoms with E-state index in [0.29, 0.717) is 19.0 Å². The zero-order valence-corrected chi connectivity index (χ0v) is 16.5. The predicted molar refractivity (Wildman–Crippen MR) is 109 cm³/mol. The molecule has 0 saturated carbocycles. The lowest BCUT2D eigenvalue weighted by Gasteiger charge is -2.26. The van der Waals surface area contributed by atoms with Crippen LogP contribution in [0.3, 0.4) is 0 Å². The molecule has 0 spiro atoms. The molecule has 2 rings (SSSR count). The molecule has 0 aliphatic heterocycles. The number of nitrogens with two attached hydrogens (primary N) is 1. The van der Waals surface area contributed by atoms with Gasteiger partial charge >= 0.3 is 0 Å². The highest BCUT2D eigenvalue weighted by atomic mass is 16.2. The Hall–Kier alpha value is -2.62. The zero-order chi connectivity index (χ0) is 19.8. The van der Waals surface area contributed by atoms with E-state index in [1.807, 2.05) is 49.4 Å². The maximum atomic E-state index is 13.1. The fourth-order valence-corrected chi connectivity index (χ4v) is 3.15. The number of hydrogen-bond acceptors (Lipinski definition) is 2. The second-order valence-corrected chi connectivity index (χ2v) is 7.52.